The molecule has 0 saturated carbocycles. The summed E-state index contributed by atoms with van der Waals surface area (Å²) in [6.45, 7) is 0.125. The van der Waals surface area contributed by atoms with Gasteiger partial charge in [0.1, 0.15) is 4.21 Å². The molecule has 0 spiro atoms. The van der Waals surface area contributed by atoms with Crippen molar-refractivity contribution in [2.75, 3.05) is 11.0 Å². The fourth-order valence-electron chi connectivity index (χ4n) is 1.50. The lowest BCUT2D eigenvalue weighted by Gasteiger charge is -2.23. The number of hydrogen-bond acceptors (Lipinski definition) is 4. The molecule has 2 rings (SSSR count). The number of para-hydroxylation sites is 1. The first kappa shape index (κ1) is 13.6. The summed E-state index contributed by atoms with van der Waals surface area (Å²) in [6, 6.07) is 12.0. The highest BCUT2D eigenvalue weighted by Gasteiger charge is 2.25. The molecule has 2 aromatic rings. The Kier molecular flexibility index (Phi) is 4.22. The molecule has 0 radical (unpaired) electrons. The molecule has 0 aliphatic rings. The van der Waals surface area contributed by atoms with Gasteiger partial charge in [-0.1, -0.05) is 30.2 Å². The summed E-state index contributed by atoms with van der Waals surface area (Å²) >= 11 is 1.17. The number of benzene rings is 1. The average Bonchev–Trinajstić information content (AvgIpc) is 2.95. The molecule has 0 unspecified atom stereocenters. The van der Waals surface area contributed by atoms with Crippen LogP contribution in [0.4, 0.5) is 5.69 Å². The minimum absolute atomic E-state index is 0.125. The molecule has 0 atom stereocenters. The van der Waals surface area contributed by atoms with Gasteiger partial charge in [0.2, 0.25) is 0 Å². The maximum absolute atomic E-state index is 12.5. The van der Waals surface area contributed by atoms with Gasteiger partial charge in [-0.25, -0.2) is 5.43 Å². The summed E-state index contributed by atoms with van der Waals surface area (Å²) < 4.78 is 26.4. The number of anilines is 1. The third-order valence-corrected chi connectivity index (χ3v) is 5.35. The van der Waals surface area contributed by atoms with Crippen LogP contribution in [0.15, 0.2) is 52.1 Å². The van der Waals surface area contributed by atoms with E-state index in [4.69, 9.17) is 6.42 Å². The Hall–Kier alpha value is -1.81. The first-order valence-electron chi connectivity index (χ1n) is 5.47. The summed E-state index contributed by atoms with van der Waals surface area (Å²) in [5.74, 6) is 2.37. The molecule has 6 heteroatoms. The number of nitrogens with one attached hydrogen (secondary N) is 1. The second-order valence-electron chi connectivity index (χ2n) is 3.58. The molecule has 0 amide bonds. The molecule has 1 heterocycles. The lowest BCUT2D eigenvalue weighted by molar-refractivity contribution is 0.584. The predicted octanol–water partition coefficient (Wildman–Crippen LogP) is 2.08. The number of thiophene rings is 1. The second-order valence-corrected chi connectivity index (χ2v) is 6.54. The van der Waals surface area contributed by atoms with Crippen LogP contribution >= 0.6 is 11.3 Å². The van der Waals surface area contributed by atoms with Crippen LogP contribution in [0, 0.1) is 12.3 Å². The van der Waals surface area contributed by atoms with E-state index in [1.165, 1.54) is 11.3 Å². The molecule has 98 valence electrons. The van der Waals surface area contributed by atoms with Crippen molar-refractivity contribution in [1.82, 2.24) is 5.43 Å². The third-order valence-electron chi connectivity index (χ3n) is 2.31. The number of hydrogen-bond donors (Lipinski definition) is 1. The lowest BCUT2D eigenvalue weighted by Crippen LogP contribution is -2.42. The molecule has 0 bridgehead atoms. The van der Waals surface area contributed by atoms with Crippen molar-refractivity contribution < 1.29 is 8.42 Å². The molecule has 19 heavy (non-hydrogen) atoms. The smallest absolute Gasteiger partial charge is 0.208 e. The van der Waals surface area contributed by atoms with Gasteiger partial charge in [-0.15, -0.1) is 17.8 Å². The topological polar surface area (TPSA) is 49.4 Å². The highest BCUT2D eigenvalue weighted by Crippen LogP contribution is 2.24. The molecule has 1 aromatic heterocycles. The number of nitrogens with zero attached hydrogens (tertiary/aromatic N) is 1. The van der Waals surface area contributed by atoms with Crippen LogP contribution in [0.1, 0.15) is 0 Å². The monoisotopic (exact) mass is 292 g/mol. The minimum atomic E-state index is -3.64. The van der Waals surface area contributed by atoms with E-state index in [0.29, 0.717) is 5.69 Å². The van der Waals surface area contributed by atoms with Crippen LogP contribution in [0.3, 0.4) is 0 Å². The molecule has 0 saturated heterocycles. The second kappa shape index (κ2) is 5.89. The van der Waals surface area contributed by atoms with Crippen molar-refractivity contribution in [1.29, 1.82) is 0 Å². The molecule has 0 aliphatic heterocycles. The normalized spacial score (nSPS) is 10.9. The summed E-state index contributed by atoms with van der Waals surface area (Å²) in [4.78, 5) is 0. The maximum Gasteiger partial charge on any atom is 0.287 e. The largest absolute Gasteiger partial charge is 0.287 e. The van der Waals surface area contributed by atoms with Crippen molar-refractivity contribution in [3.8, 4) is 12.3 Å². The number of rotatable bonds is 5. The van der Waals surface area contributed by atoms with Gasteiger partial charge in [0.15, 0.2) is 0 Å². The molecule has 1 aromatic carbocycles. The van der Waals surface area contributed by atoms with E-state index in [1.54, 1.807) is 41.8 Å². The van der Waals surface area contributed by atoms with Crippen molar-refractivity contribution in [2.45, 2.75) is 4.21 Å². The minimum Gasteiger partial charge on any atom is -0.208 e. The maximum atomic E-state index is 12.5. The molecular weight excluding hydrogens is 280 g/mol. The van der Waals surface area contributed by atoms with Gasteiger partial charge in [-0.05, 0) is 23.6 Å². The molecule has 4 nitrogen and oxygen atoms in total. The van der Waals surface area contributed by atoms with Gasteiger partial charge in [0.05, 0.1) is 12.2 Å². The Labute approximate surface area is 116 Å². The van der Waals surface area contributed by atoms with E-state index >= 15 is 0 Å². The van der Waals surface area contributed by atoms with Gasteiger partial charge in [0, 0.05) is 0 Å². The third kappa shape index (κ3) is 2.96. The standard InChI is InChI=1S/C13H12N2O2S2/c1-2-10-14-15(12-7-4-3-5-8-12)19(16,17)13-9-6-11-18-13/h1,3-9,11,14H,10H2. The Bertz CT molecular complexity index is 658. The van der Waals surface area contributed by atoms with Gasteiger partial charge < -0.3 is 0 Å². The van der Waals surface area contributed by atoms with Crippen molar-refractivity contribution >= 4 is 27.0 Å². The molecule has 0 fully saturated rings. The van der Waals surface area contributed by atoms with Crippen molar-refractivity contribution in [3.05, 3.63) is 47.8 Å². The lowest BCUT2D eigenvalue weighted by atomic mass is 10.3. The summed E-state index contributed by atoms with van der Waals surface area (Å²) in [6.07, 6.45) is 5.19. The summed E-state index contributed by atoms with van der Waals surface area (Å²) in [7, 11) is -3.64. The van der Waals surface area contributed by atoms with Crippen LogP contribution in [0.25, 0.3) is 0 Å². The zero-order valence-corrected chi connectivity index (χ0v) is 11.6. The van der Waals surface area contributed by atoms with E-state index in [2.05, 4.69) is 11.3 Å². The Morgan fingerprint density at radius 3 is 2.53 bits per heavy atom. The van der Waals surface area contributed by atoms with Crippen LogP contribution in [-0.4, -0.2) is 15.0 Å². The molecular formula is C13H12N2O2S2. The van der Waals surface area contributed by atoms with Crippen molar-refractivity contribution in [3.63, 3.8) is 0 Å². The zero-order valence-electron chi connectivity index (χ0n) is 9.98. The summed E-state index contributed by atoms with van der Waals surface area (Å²) in [5, 5.41) is 1.72. The number of hydrazine groups is 1. The fourth-order valence-corrected chi connectivity index (χ4v) is 3.89. The van der Waals surface area contributed by atoms with Crippen molar-refractivity contribution in [2.24, 2.45) is 0 Å². The van der Waals surface area contributed by atoms with Gasteiger partial charge >= 0.3 is 0 Å². The Balaban J connectivity index is 2.42. The first-order chi connectivity index (χ1) is 9.16. The van der Waals surface area contributed by atoms with E-state index in [0.717, 1.165) is 4.41 Å². The molecule has 1 N–H and O–H groups in total. The fraction of sp³-hybridized carbons (Fsp3) is 0.0769. The highest BCUT2D eigenvalue weighted by atomic mass is 32.2. The average molecular weight is 292 g/mol. The van der Waals surface area contributed by atoms with E-state index < -0.39 is 10.0 Å². The predicted molar refractivity (Wildman–Crippen MR) is 77.3 cm³/mol. The van der Waals surface area contributed by atoms with E-state index in [1.807, 2.05) is 6.07 Å². The molecule has 0 aliphatic carbocycles. The number of terminal acetylenes is 1. The summed E-state index contributed by atoms with van der Waals surface area (Å²) in [5.41, 5.74) is 3.25. The number of sulfonamides is 1. The van der Waals surface area contributed by atoms with Gasteiger partial charge in [-0.2, -0.15) is 12.8 Å². The van der Waals surface area contributed by atoms with Gasteiger partial charge in [0.25, 0.3) is 10.0 Å². The SMILES string of the molecule is C#CCNN(c1ccccc1)S(=O)(=O)c1cccs1. The Morgan fingerprint density at radius 1 is 1.21 bits per heavy atom. The Morgan fingerprint density at radius 2 is 1.95 bits per heavy atom. The van der Waals surface area contributed by atoms with Crippen LogP contribution in [0.5, 0.6) is 0 Å². The highest BCUT2D eigenvalue weighted by molar-refractivity contribution is 7.94. The van der Waals surface area contributed by atoms with E-state index in [9.17, 15) is 8.42 Å². The van der Waals surface area contributed by atoms with E-state index in [-0.39, 0.29) is 10.8 Å². The quantitative estimate of drug-likeness (QED) is 0.678. The first-order valence-corrected chi connectivity index (χ1v) is 7.79. The van der Waals surface area contributed by atoms with Crippen LogP contribution in [-0.2, 0) is 10.0 Å². The van der Waals surface area contributed by atoms with Crippen LogP contribution in [0.2, 0.25) is 0 Å². The zero-order chi connectivity index (χ0) is 13.7. The van der Waals surface area contributed by atoms with Crippen LogP contribution < -0.4 is 9.84 Å². The van der Waals surface area contributed by atoms with Gasteiger partial charge in [-0.3, -0.25) is 0 Å².